The van der Waals surface area contributed by atoms with Crippen molar-refractivity contribution in [2.75, 3.05) is 0 Å². The highest BCUT2D eigenvalue weighted by Gasteiger charge is 2.22. The molecule has 0 heterocycles. The van der Waals surface area contributed by atoms with Crippen LogP contribution >= 0.6 is 0 Å². The van der Waals surface area contributed by atoms with Crippen molar-refractivity contribution >= 4 is 25.8 Å². The van der Waals surface area contributed by atoms with Gasteiger partial charge in [0.05, 0.1) is 6.42 Å². The second-order valence-corrected chi connectivity index (χ2v) is 8.85. The van der Waals surface area contributed by atoms with Crippen molar-refractivity contribution in [2.24, 2.45) is 0 Å². The summed E-state index contributed by atoms with van der Waals surface area (Å²) in [6.45, 7) is 10.7. The van der Waals surface area contributed by atoms with Crippen LogP contribution in [0.5, 0.6) is 5.75 Å². The summed E-state index contributed by atoms with van der Waals surface area (Å²) in [6, 6.07) is 10.0. The van der Waals surface area contributed by atoms with Crippen molar-refractivity contribution in [1.82, 2.24) is 0 Å². The Kier molecular flexibility index (Phi) is 4.61. The Morgan fingerprint density at radius 2 is 1.82 bits per heavy atom. The molecular weight excluding hydrogens is 292 g/mol. The molecule has 4 heteroatoms. The van der Waals surface area contributed by atoms with Crippen LogP contribution in [-0.2, 0) is 16.6 Å². The summed E-state index contributed by atoms with van der Waals surface area (Å²) in [7, 11) is -0.911. The first-order chi connectivity index (χ1) is 10.2. The van der Waals surface area contributed by atoms with Crippen LogP contribution in [0.3, 0.4) is 0 Å². The minimum atomic E-state index is -0.911. The fourth-order valence-electron chi connectivity index (χ4n) is 2.53. The first-order valence-corrected chi connectivity index (χ1v) is 9.85. The van der Waals surface area contributed by atoms with E-state index in [2.05, 4.69) is 46.0 Å². The average molecular weight is 315 g/mol. The van der Waals surface area contributed by atoms with Crippen LogP contribution in [0.2, 0.25) is 13.1 Å². The van der Waals surface area contributed by atoms with Crippen molar-refractivity contribution in [1.29, 1.82) is 0 Å². The fraction of sp³-hybridized carbons (Fsp3) is 0.389. The summed E-state index contributed by atoms with van der Waals surface area (Å²) in [6.07, 6.45) is 0.0329. The van der Waals surface area contributed by atoms with Crippen LogP contribution in [-0.4, -0.2) is 20.1 Å². The normalized spacial score (nSPS) is 11.9. The highest BCUT2D eigenvalue weighted by Crippen LogP contribution is 2.38. The predicted molar refractivity (Wildman–Crippen MR) is 92.1 cm³/mol. The summed E-state index contributed by atoms with van der Waals surface area (Å²) in [5, 5.41) is 11.1. The van der Waals surface area contributed by atoms with Crippen molar-refractivity contribution in [2.45, 2.75) is 45.7 Å². The van der Waals surface area contributed by atoms with Gasteiger partial charge in [0.1, 0.15) is 5.75 Å². The average Bonchev–Trinajstić information content (AvgIpc) is 2.36. The molecule has 117 valence electrons. The van der Waals surface area contributed by atoms with E-state index in [1.54, 1.807) is 0 Å². The molecule has 0 bridgehead atoms. The summed E-state index contributed by atoms with van der Waals surface area (Å²) >= 11 is 0. The molecule has 0 fully saturated rings. The van der Waals surface area contributed by atoms with Gasteiger partial charge < -0.3 is 9.53 Å². The third-order valence-electron chi connectivity index (χ3n) is 3.51. The molecule has 0 aliphatic rings. The first-order valence-electron chi connectivity index (χ1n) is 7.44. The molecule has 0 amide bonds. The molecular formula is C18H23O3Si. The number of fused-ring (bicyclic) bond motifs is 1. The molecule has 2 aromatic rings. The highest BCUT2D eigenvalue weighted by atomic mass is 28.3. The molecule has 0 aliphatic heterocycles. The molecule has 3 nitrogen and oxygen atoms in total. The van der Waals surface area contributed by atoms with Crippen molar-refractivity contribution in [3.63, 3.8) is 0 Å². The maximum atomic E-state index is 11.0. The Hall–Kier alpha value is -1.81. The number of hydrogen-bond acceptors (Lipinski definition) is 2. The maximum Gasteiger partial charge on any atom is 0.307 e. The Labute approximate surface area is 133 Å². The lowest BCUT2D eigenvalue weighted by atomic mass is 9.84. The van der Waals surface area contributed by atoms with Gasteiger partial charge in [-0.05, 0) is 41.1 Å². The molecule has 2 rings (SSSR count). The molecule has 1 N–H and O–H groups in total. The minimum Gasteiger partial charge on any atom is -0.542 e. The molecule has 0 saturated heterocycles. The molecule has 0 saturated carbocycles. The zero-order valence-corrected chi connectivity index (χ0v) is 14.9. The SMILES string of the molecule is C[Si](C)Oc1c(C(C)(C)C)ccc2ccc(CC(=O)O)cc12. The van der Waals surface area contributed by atoms with Crippen molar-refractivity contribution < 1.29 is 14.3 Å². The number of carboxylic acids is 1. The number of hydrogen-bond donors (Lipinski definition) is 1. The van der Waals surface area contributed by atoms with Gasteiger partial charge in [-0.3, -0.25) is 4.79 Å². The summed E-state index contributed by atoms with van der Waals surface area (Å²) in [5.41, 5.74) is 1.94. The van der Waals surface area contributed by atoms with E-state index in [4.69, 9.17) is 9.53 Å². The van der Waals surface area contributed by atoms with Gasteiger partial charge >= 0.3 is 5.97 Å². The lowest BCUT2D eigenvalue weighted by Gasteiger charge is -2.25. The molecule has 0 unspecified atom stereocenters. The number of carboxylic acid groups (broad SMARTS) is 1. The van der Waals surface area contributed by atoms with E-state index in [-0.39, 0.29) is 11.8 Å². The van der Waals surface area contributed by atoms with E-state index in [1.807, 2.05) is 18.2 Å². The Bertz CT molecular complexity index is 699. The Morgan fingerprint density at radius 3 is 2.36 bits per heavy atom. The van der Waals surface area contributed by atoms with Gasteiger partial charge in [0.15, 0.2) is 0 Å². The van der Waals surface area contributed by atoms with Crippen LogP contribution in [0, 0.1) is 0 Å². The van der Waals surface area contributed by atoms with E-state index in [9.17, 15) is 4.79 Å². The van der Waals surface area contributed by atoms with Gasteiger partial charge in [-0.2, -0.15) is 0 Å². The maximum absolute atomic E-state index is 11.0. The smallest absolute Gasteiger partial charge is 0.307 e. The molecule has 0 aromatic heterocycles. The number of rotatable bonds is 4. The molecule has 0 aliphatic carbocycles. The van der Waals surface area contributed by atoms with E-state index in [1.165, 1.54) is 5.56 Å². The topological polar surface area (TPSA) is 46.5 Å². The predicted octanol–water partition coefficient (Wildman–Crippen LogP) is 4.39. The summed E-state index contributed by atoms with van der Waals surface area (Å²) in [4.78, 5) is 11.0. The molecule has 0 atom stereocenters. The number of benzene rings is 2. The molecule has 0 spiro atoms. The van der Waals surface area contributed by atoms with Crippen molar-refractivity contribution in [3.8, 4) is 5.75 Å². The van der Waals surface area contributed by atoms with Crippen molar-refractivity contribution in [3.05, 3.63) is 41.5 Å². The van der Waals surface area contributed by atoms with E-state index >= 15 is 0 Å². The number of carbonyl (C=O) groups is 1. The zero-order valence-electron chi connectivity index (χ0n) is 13.9. The second-order valence-electron chi connectivity index (χ2n) is 6.83. The van der Waals surface area contributed by atoms with Crippen LogP contribution < -0.4 is 4.43 Å². The largest absolute Gasteiger partial charge is 0.542 e. The lowest BCUT2D eigenvalue weighted by Crippen LogP contribution is -2.18. The molecule has 1 radical (unpaired) electrons. The van der Waals surface area contributed by atoms with Gasteiger partial charge in [0.2, 0.25) is 0 Å². The standard InChI is InChI=1S/C18H23O3Si/c1-18(2,3)15-9-8-13-7-6-12(11-16(19)20)10-14(13)17(15)21-22(4)5/h6-10H,11H2,1-5H3,(H,19,20). The lowest BCUT2D eigenvalue weighted by molar-refractivity contribution is -0.136. The van der Waals surface area contributed by atoms with Gasteiger partial charge in [-0.15, -0.1) is 0 Å². The third-order valence-corrected chi connectivity index (χ3v) is 4.12. The Morgan fingerprint density at radius 1 is 1.18 bits per heavy atom. The van der Waals surface area contributed by atoms with Crippen LogP contribution in [0.4, 0.5) is 0 Å². The monoisotopic (exact) mass is 315 g/mol. The minimum absolute atomic E-state index is 0.0242. The highest BCUT2D eigenvalue weighted by molar-refractivity contribution is 6.49. The zero-order chi connectivity index (χ0) is 16.5. The van der Waals surface area contributed by atoms with Crippen LogP contribution in [0.1, 0.15) is 31.9 Å². The van der Waals surface area contributed by atoms with E-state index in [0.717, 1.165) is 22.1 Å². The van der Waals surface area contributed by atoms with Gasteiger partial charge in [0.25, 0.3) is 9.04 Å². The van der Waals surface area contributed by atoms with Crippen LogP contribution in [0.25, 0.3) is 10.8 Å². The molecule has 22 heavy (non-hydrogen) atoms. The van der Waals surface area contributed by atoms with Gasteiger partial charge in [0, 0.05) is 5.39 Å². The van der Waals surface area contributed by atoms with E-state index in [0.29, 0.717) is 0 Å². The van der Waals surface area contributed by atoms with E-state index < -0.39 is 15.0 Å². The fourth-order valence-corrected chi connectivity index (χ4v) is 3.16. The number of aliphatic carboxylic acids is 1. The van der Waals surface area contributed by atoms with Crippen LogP contribution in [0.15, 0.2) is 30.3 Å². The quantitative estimate of drug-likeness (QED) is 0.851. The Balaban J connectivity index is 2.69. The van der Waals surface area contributed by atoms with Gasteiger partial charge in [-0.25, -0.2) is 0 Å². The van der Waals surface area contributed by atoms with Gasteiger partial charge in [-0.1, -0.05) is 45.0 Å². The third kappa shape index (κ3) is 3.68. The molecule has 2 aromatic carbocycles. The first kappa shape index (κ1) is 16.6. The summed E-state index contributed by atoms with van der Waals surface area (Å²) in [5.74, 6) is 0.0978. The summed E-state index contributed by atoms with van der Waals surface area (Å²) < 4.78 is 6.20. The second kappa shape index (κ2) is 6.13.